The Morgan fingerprint density at radius 2 is 2.10 bits per heavy atom. The van der Waals surface area contributed by atoms with E-state index in [-0.39, 0.29) is 11.4 Å². The molecule has 3 rings (SSSR count). The molecule has 1 atom stereocenters. The summed E-state index contributed by atoms with van der Waals surface area (Å²) < 4.78 is 11.4. The number of hydrogen-bond donors (Lipinski definition) is 1. The van der Waals surface area contributed by atoms with E-state index in [9.17, 15) is 4.79 Å². The lowest BCUT2D eigenvalue weighted by molar-refractivity contribution is -0.0971. The fraction of sp³-hybridized carbons (Fsp3) is 0.667. The van der Waals surface area contributed by atoms with E-state index >= 15 is 0 Å². The van der Waals surface area contributed by atoms with E-state index < -0.39 is 5.97 Å². The zero-order valence-electron chi connectivity index (χ0n) is 11.5. The molecule has 5 heteroatoms. The maximum absolute atomic E-state index is 10.8. The van der Waals surface area contributed by atoms with E-state index in [2.05, 4.69) is 0 Å². The standard InChI is InChI=1S/C15H20O4S/c16-14(17)12-4-5-13(19-12)20-11-6-9-18-15(10-11)7-2-1-3-8-15/h4-5,11H,1-3,6-10H2,(H,16,17). The molecule has 110 valence electrons. The van der Waals surface area contributed by atoms with Crippen LogP contribution in [-0.2, 0) is 4.74 Å². The van der Waals surface area contributed by atoms with Crippen LogP contribution in [0.4, 0.5) is 0 Å². The van der Waals surface area contributed by atoms with Gasteiger partial charge in [-0.3, -0.25) is 0 Å². The number of furan rings is 1. The number of rotatable bonds is 3. The highest BCUT2D eigenvalue weighted by molar-refractivity contribution is 7.99. The first-order valence-corrected chi connectivity index (χ1v) is 8.19. The summed E-state index contributed by atoms with van der Waals surface area (Å²) in [7, 11) is 0. The zero-order chi connectivity index (χ0) is 14.0. The Labute approximate surface area is 122 Å². The van der Waals surface area contributed by atoms with Gasteiger partial charge in [0.1, 0.15) is 0 Å². The summed E-state index contributed by atoms with van der Waals surface area (Å²) in [5.74, 6) is -0.987. The average Bonchev–Trinajstić information content (AvgIpc) is 2.88. The quantitative estimate of drug-likeness (QED) is 0.915. The molecule has 1 saturated heterocycles. The van der Waals surface area contributed by atoms with Crippen LogP contribution in [0.1, 0.15) is 55.5 Å². The van der Waals surface area contributed by atoms with Gasteiger partial charge in [-0.15, -0.1) is 0 Å². The lowest BCUT2D eigenvalue weighted by Crippen LogP contribution is -2.42. The second-order valence-corrected chi connectivity index (χ2v) is 7.05. The molecule has 1 saturated carbocycles. The Balaban J connectivity index is 1.63. The summed E-state index contributed by atoms with van der Waals surface area (Å²) in [5.41, 5.74) is 0.0797. The van der Waals surface area contributed by atoms with Crippen molar-refractivity contribution in [2.75, 3.05) is 6.61 Å². The normalized spacial score (nSPS) is 25.7. The maximum atomic E-state index is 10.8. The van der Waals surface area contributed by atoms with Crippen molar-refractivity contribution >= 4 is 17.7 Å². The minimum Gasteiger partial charge on any atom is -0.475 e. The van der Waals surface area contributed by atoms with E-state index in [0.29, 0.717) is 10.3 Å². The molecule has 0 radical (unpaired) electrons. The molecule has 1 N–H and O–H groups in total. The van der Waals surface area contributed by atoms with Crippen LogP contribution >= 0.6 is 11.8 Å². The zero-order valence-corrected chi connectivity index (χ0v) is 12.3. The number of aromatic carboxylic acids is 1. The van der Waals surface area contributed by atoms with Gasteiger partial charge >= 0.3 is 5.97 Å². The maximum Gasteiger partial charge on any atom is 0.371 e. The summed E-state index contributed by atoms with van der Waals surface area (Å²) in [4.78, 5) is 10.8. The van der Waals surface area contributed by atoms with Crippen LogP contribution in [0.2, 0.25) is 0 Å². The molecule has 0 aromatic carbocycles. The van der Waals surface area contributed by atoms with Crippen molar-refractivity contribution in [2.24, 2.45) is 0 Å². The molecule has 2 heterocycles. The number of carboxylic acids is 1. The summed E-state index contributed by atoms with van der Waals surface area (Å²) in [6.07, 6.45) is 8.26. The summed E-state index contributed by atoms with van der Waals surface area (Å²) >= 11 is 1.66. The molecule has 1 aliphatic carbocycles. The van der Waals surface area contributed by atoms with Crippen LogP contribution < -0.4 is 0 Å². The topological polar surface area (TPSA) is 59.7 Å². The van der Waals surface area contributed by atoms with Crippen molar-refractivity contribution in [1.82, 2.24) is 0 Å². The molecule has 0 amide bonds. The molecule has 20 heavy (non-hydrogen) atoms. The summed E-state index contributed by atoms with van der Waals surface area (Å²) in [5, 5.41) is 10.1. The SMILES string of the molecule is O=C(O)c1ccc(SC2CCOC3(CCCCC3)C2)o1. The Bertz CT molecular complexity index is 470. The van der Waals surface area contributed by atoms with E-state index in [1.165, 1.54) is 38.2 Å². The third kappa shape index (κ3) is 3.04. The average molecular weight is 296 g/mol. The monoisotopic (exact) mass is 296 g/mol. The van der Waals surface area contributed by atoms with Gasteiger partial charge in [-0.1, -0.05) is 31.0 Å². The molecule has 1 spiro atoms. The first kappa shape index (κ1) is 14.0. The van der Waals surface area contributed by atoms with Gasteiger partial charge < -0.3 is 14.3 Å². The fourth-order valence-electron chi connectivity index (χ4n) is 3.29. The van der Waals surface area contributed by atoms with E-state index in [1.54, 1.807) is 17.8 Å². The van der Waals surface area contributed by atoms with Gasteiger partial charge in [0.05, 0.1) is 5.60 Å². The Kier molecular flexibility index (Phi) is 4.08. The van der Waals surface area contributed by atoms with Crippen LogP contribution in [0.3, 0.4) is 0 Å². The van der Waals surface area contributed by atoms with Crippen molar-refractivity contribution in [2.45, 2.75) is 60.9 Å². The Morgan fingerprint density at radius 3 is 2.80 bits per heavy atom. The largest absolute Gasteiger partial charge is 0.475 e. The molecule has 2 fully saturated rings. The van der Waals surface area contributed by atoms with Crippen molar-refractivity contribution in [3.63, 3.8) is 0 Å². The van der Waals surface area contributed by atoms with Crippen molar-refractivity contribution in [1.29, 1.82) is 0 Å². The second-order valence-electron chi connectivity index (χ2n) is 5.75. The lowest BCUT2D eigenvalue weighted by atomic mass is 9.80. The lowest BCUT2D eigenvalue weighted by Gasteiger charge is -2.43. The van der Waals surface area contributed by atoms with Crippen LogP contribution in [0.25, 0.3) is 0 Å². The third-order valence-electron chi connectivity index (χ3n) is 4.29. The molecular weight excluding hydrogens is 276 g/mol. The number of ether oxygens (including phenoxy) is 1. The molecule has 1 aromatic rings. The highest BCUT2D eigenvalue weighted by atomic mass is 32.2. The summed E-state index contributed by atoms with van der Waals surface area (Å²) in [6.45, 7) is 0.810. The summed E-state index contributed by atoms with van der Waals surface area (Å²) in [6, 6.07) is 3.29. The Morgan fingerprint density at radius 1 is 1.30 bits per heavy atom. The van der Waals surface area contributed by atoms with Crippen molar-refractivity contribution < 1.29 is 19.1 Å². The number of carbonyl (C=O) groups is 1. The first-order chi connectivity index (χ1) is 9.67. The Hall–Kier alpha value is -0.940. The van der Waals surface area contributed by atoms with Crippen LogP contribution in [-0.4, -0.2) is 28.5 Å². The van der Waals surface area contributed by atoms with Crippen LogP contribution in [0, 0.1) is 0 Å². The minimum atomic E-state index is -1.01. The minimum absolute atomic E-state index is 0.0203. The van der Waals surface area contributed by atoms with Crippen LogP contribution in [0.15, 0.2) is 21.6 Å². The third-order valence-corrected chi connectivity index (χ3v) is 5.47. The second kappa shape index (κ2) is 5.82. The molecular formula is C15H20O4S. The molecule has 2 aliphatic rings. The van der Waals surface area contributed by atoms with Gasteiger partial charge in [-0.25, -0.2) is 4.79 Å². The molecule has 4 nitrogen and oxygen atoms in total. The van der Waals surface area contributed by atoms with E-state index in [0.717, 1.165) is 19.4 Å². The van der Waals surface area contributed by atoms with E-state index in [1.807, 2.05) is 0 Å². The van der Waals surface area contributed by atoms with Crippen molar-refractivity contribution in [3.8, 4) is 0 Å². The van der Waals surface area contributed by atoms with Gasteiger partial charge in [0.15, 0.2) is 5.09 Å². The van der Waals surface area contributed by atoms with Gasteiger partial charge in [-0.2, -0.15) is 0 Å². The predicted molar refractivity (Wildman–Crippen MR) is 76.3 cm³/mol. The van der Waals surface area contributed by atoms with Crippen LogP contribution in [0.5, 0.6) is 0 Å². The first-order valence-electron chi connectivity index (χ1n) is 7.31. The van der Waals surface area contributed by atoms with Gasteiger partial charge in [0, 0.05) is 11.9 Å². The van der Waals surface area contributed by atoms with Gasteiger partial charge in [0.2, 0.25) is 5.76 Å². The van der Waals surface area contributed by atoms with Gasteiger partial charge in [-0.05, 0) is 37.8 Å². The molecule has 0 bridgehead atoms. The number of thioether (sulfide) groups is 1. The van der Waals surface area contributed by atoms with E-state index in [4.69, 9.17) is 14.3 Å². The highest BCUT2D eigenvalue weighted by Gasteiger charge is 2.39. The highest BCUT2D eigenvalue weighted by Crippen LogP contribution is 2.43. The van der Waals surface area contributed by atoms with Crippen molar-refractivity contribution in [3.05, 3.63) is 17.9 Å². The number of hydrogen-bond acceptors (Lipinski definition) is 4. The number of carboxylic acid groups (broad SMARTS) is 1. The smallest absolute Gasteiger partial charge is 0.371 e. The predicted octanol–water partition coefficient (Wildman–Crippen LogP) is 3.95. The van der Waals surface area contributed by atoms with Gasteiger partial charge in [0.25, 0.3) is 0 Å². The molecule has 1 aromatic heterocycles. The fourth-order valence-corrected chi connectivity index (χ4v) is 4.50. The molecule has 1 aliphatic heterocycles. The molecule has 1 unspecified atom stereocenters.